The lowest BCUT2D eigenvalue weighted by molar-refractivity contribution is 0.466. The maximum Gasteiger partial charge on any atom is 0.277 e. The van der Waals surface area contributed by atoms with Gasteiger partial charge in [-0.2, -0.15) is 0 Å². The van der Waals surface area contributed by atoms with E-state index in [1.54, 1.807) is 0 Å². The van der Waals surface area contributed by atoms with Crippen LogP contribution < -0.4 is 0 Å². The van der Waals surface area contributed by atoms with Crippen molar-refractivity contribution in [3.8, 4) is 23.8 Å². The molecule has 1 heterocycles. The van der Waals surface area contributed by atoms with Gasteiger partial charge in [0, 0.05) is 5.56 Å². The third-order valence-corrected chi connectivity index (χ3v) is 2.71. The van der Waals surface area contributed by atoms with Gasteiger partial charge in [-0.1, -0.05) is 35.4 Å². The average molecular weight is 230 g/mol. The number of hydrogen-bond acceptors (Lipinski definition) is 4. The predicted octanol–water partition coefficient (Wildman–Crippen LogP) is 2.77. The summed E-state index contributed by atoms with van der Waals surface area (Å²) in [7, 11) is 0. The Morgan fingerprint density at radius 3 is 2.75 bits per heavy atom. The van der Waals surface area contributed by atoms with Crippen LogP contribution in [-0.2, 0) is 0 Å². The average Bonchev–Trinajstić information content (AvgIpc) is 2.76. The third kappa shape index (κ3) is 2.44. The van der Waals surface area contributed by atoms with E-state index in [4.69, 9.17) is 10.8 Å². The van der Waals surface area contributed by atoms with Crippen LogP contribution in [0.25, 0.3) is 11.5 Å². The third-order valence-electron chi connectivity index (χ3n) is 1.98. The van der Waals surface area contributed by atoms with Crippen molar-refractivity contribution in [3.63, 3.8) is 0 Å². The molecule has 0 atom stereocenters. The van der Waals surface area contributed by atoms with Crippen molar-refractivity contribution in [2.45, 2.75) is 12.1 Å². The zero-order valence-corrected chi connectivity index (χ0v) is 9.62. The quantitative estimate of drug-likeness (QED) is 0.600. The highest BCUT2D eigenvalue weighted by molar-refractivity contribution is 7.99. The Kier molecular flexibility index (Phi) is 3.28. The van der Waals surface area contributed by atoms with Crippen LogP contribution in [0.15, 0.2) is 33.9 Å². The summed E-state index contributed by atoms with van der Waals surface area (Å²) in [4.78, 5) is 0. The van der Waals surface area contributed by atoms with Crippen LogP contribution in [0.2, 0.25) is 0 Å². The van der Waals surface area contributed by atoms with E-state index in [1.165, 1.54) is 17.3 Å². The summed E-state index contributed by atoms with van der Waals surface area (Å²) in [6.07, 6.45) is 5.15. The Morgan fingerprint density at radius 1 is 1.31 bits per heavy atom. The molecule has 0 saturated carbocycles. The molecule has 1 aromatic heterocycles. The minimum Gasteiger partial charge on any atom is -0.411 e. The number of aryl methyl sites for hydroxylation is 1. The van der Waals surface area contributed by atoms with Gasteiger partial charge in [0.1, 0.15) is 0 Å². The van der Waals surface area contributed by atoms with E-state index in [-0.39, 0.29) is 0 Å². The molecule has 0 saturated heterocycles. The predicted molar refractivity (Wildman–Crippen MR) is 64.0 cm³/mol. The van der Waals surface area contributed by atoms with Crippen LogP contribution >= 0.6 is 11.8 Å². The van der Waals surface area contributed by atoms with Gasteiger partial charge in [0.25, 0.3) is 5.22 Å². The first-order chi connectivity index (χ1) is 7.79. The monoisotopic (exact) mass is 230 g/mol. The first-order valence-electron chi connectivity index (χ1n) is 4.76. The SMILES string of the molecule is C#CCSc1nnc(-c2ccc(C)cc2)o1. The van der Waals surface area contributed by atoms with Gasteiger partial charge in [0.15, 0.2) is 0 Å². The van der Waals surface area contributed by atoms with E-state index in [0.717, 1.165) is 5.56 Å². The summed E-state index contributed by atoms with van der Waals surface area (Å²) >= 11 is 1.36. The fourth-order valence-corrected chi connectivity index (χ4v) is 1.63. The van der Waals surface area contributed by atoms with Gasteiger partial charge >= 0.3 is 0 Å². The minimum atomic E-state index is 0.508. The normalized spacial score (nSPS) is 10.0. The van der Waals surface area contributed by atoms with E-state index in [0.29, 0.717) is 16.9 Å². The topological polar surface area (TPSA) is 38.9 Å². The summed E-state index contributed by atoms with van der Waals surface area (Å²) in [6, 6.07) is 7.93. The lowest BCUT2D eigenvalue weighted by atomic mass is 10.1. The van der Waals surface area contributed by atoms with Crippen molar-refractivity contribution >= 4 is 11.8 Å². The van der Waals surface area contributed by atoms with Crippen molar-refractivity contribution in [1.82, 2.24) is 10.2 Å². The highest BCUT2D eigenvalue weighted by atomic mass is 32.2. The van der Waals surface area contributed by atoms with Crippen molar-refractivity contribution in [1.29, 1.82) is 0 Å². The smallest absolute Gasteiger partial charge is 0.277 e. The number of aromatic nitrogens is 2. The van der Waals surface area contributed by atoms with Crippen molar-refractivity contribution in [2.75, 3.05) is 5.75 Å². The van der Waals surface area contributed by atoms with Crippen LogP contribution in [0.1, 0.15) is 5.56 Å². The molecule has 1 aromatic carbocycles. The Morgan fingerprint density at radius 2 is 2.06 bits per heavy atom. The number of hydrogen-bond donors (Lipinski definition) is 0. The largest absolute Gasteiger partial charge is 0.411 e. The molecule has 0 aliphatic heterocycles. The van der Waals surface area contributed by atoms with E-state index >= 15 is 0 Å². The molecule has 16 heavy (non-hydrogen) atoms. The van der Waals surface area contributed by atoms with Gasteiger partial charge in [-0.3, -0.25) is 0 Å². The van der Waals surface area contributed by atoms with Crippen LogP contribution in [0.4, 0.5) is 0 Å². The highest BCUT2D eigenvalue weighted by Crippen LogP contribution is 2.22. The second-order valence-corrected chi connectivity index (χ2v) is 4.16. The molecular formula is C12H10N2OS. The standard InChI is InChI=1S/C12H10N2OS/c1-3-8-16-12-14-13-11(15-12)10-6-4-9(2)5-7-10/h1,4-7H,8H2,2H3. The molecule has 0 spiro atoms. The molecule has 0 radical (unpaired) electrons. The molecule has 2 rings (SSSR count). The van der Waals surface area contributed by atoms with E-state index in [2.05, 4.69) is 16.1 Å². The fourth-order valence-electron chi connectivity index (χ4n) is 1.18. The fraction of sp³-hybridized carbons (Fsp3) is 0.167. The molecule has 2 aromatic rings. The van der Waals surface area contributed by atoms with Crippen LogP contribution in [-0.4, -0.2) is 16.0 Å². The van der Waals surface area contributed by atoms with Gasteiger partial charge in [-0.15, -0.1) is 16.6 Å². The minimum absolute atomic E-state index is 0.508. The summed E-state index contributed by atoms with van der Waals surface area (Å²) in [5.41, 5.74) is 2.12. The Hall–Kier alpha value is -1.73. The molecule has 80 valence electrons. The number of nitrogens with zero attached hydrogens (tertiary/aromatic N) is 2. The number of terminal acetylenes is 1. The van der Waals surface area contributed by atoms with Gasteiger partial charge in [0.2, 0.25) is 5.89 Å². The molecule has 0 amide bonds. The zero-order valence-electron chi connectivity index (χ0n) is 8.80. The molecule has 3 nitrogen and oxygen atoms in total. The van der Waals surface area contributed by atoms with Gasteiger partial charge in [-0.25, -0.2) is 0 Å². The maximum absolute atomic E-state index is 5.46. The van der Waals surface area contributed by atoms with Gasteiger partial charge in [-0.05, 0) is 19.1 Å². The number of thioether (sulfide) groups is 1. The van der Waals surface area contributed by atoms with E-state index in [1.807, 2.05) is 31.2 Å². The highest BCUT2D eigenvalue weighted by Gasteiger charge is 2.07. The van der Waals surface area contributed by atoms with Crippen molar-refractivity contribution in [3.05, 3.63) is 29.8 Å². The molecule has 0 aliphatic carbocycles. The molecule has 0 bridgehead atoms. The lowest BCUT2D eigenvalue weighted by Crippen LogP contribution is -1.77. The van der Waals surface area contributed by atoms with E-state index in [9.17, 15) is 0 Å². The summed E-state index contributed by atoms with van der Waals surface area (Å²) in [5, 5.41) is 8.37. The molecule has 0 fully saturated rings. The first kappa shape index (κ1) is 10.8. The summed E-state index contributed by atoms with van der Waals surface area (Å²) < 4.78 is 5.46. The molecular weight excluding hydrogens is 220 g/mol. The van der Waals surface area contributed by atoms with Gasteiger partial charge in [0.05, 0.1) is 5.75 Å². The van der Waals surface area contributed by atoms with Crippen molar-refractivity contribution < 1.29 is 4.42 Å². The second-order valence-electron chi connectivity index (χ2n) is 3.23. The van der Waals surface area contributed by atoms with Crippen LogP contribution in [0, 0.1) is 19.3 Å². The molecule has 0 N–H and O–H groups in total. The Balaban J connectivity index is 2.18. The van der Waals surface area contributed by atoms with Gasteiger partial charge < -0.3 is 4.42 Å². The zero-order chi connectivity index (χ0) is 11.4. The molecule has 0 unspecified atom stereocenters. The van der Waals surface area contributed by atoms with Crippen LogP contribution in [0.3, 0.4) is 0 Å². The van der Waals surface area contributed by atoms with Crippen LogP contribution in [0.5, 0.6) is 0 Å². The summed E-state index contributed by atoms with van der Waals surface area (Å²) in [6.45, 7) is 2.03. The molecule has 0 aliphatic rings. The second kappa shape index (κ2) is 4.86. The lowest BCUT2D eigenvalue weighted by Gasteiger charge is -1.94. The van der Waals surface area contributed by atoms with E-state index < -0.39 is 0 Å². The maximum atomic E-state index is 5.46. The van der Waals surface area contributed by atoms with Crippen molar-refractivity contribution in [2.24, 2.45) is 0 Å². The Labute approximate surface area is 98.3 Å². The number of benzene rings is 1. The Bertz CT molecular complexity index is 511. The number of rotatable bonds is 3. The first-order valence-corrected chi connectivity index (χ1v) is 5.75. The molecule has 4 heteroatoms. The summed E-state index contributed by atoms with van der Waals surface area (Å²) in [5.74, 6) is 3.57.